The highest BCUT2D eigenvalue weighted by Gasteiger charge is 2.05. The largest absolute Gasteiger partial charge is 0.383 e. The first-order valence-electron chi connectivity index (χ1n) is 5.96. The van der Waals surface area contributed by atoms with Crippen LogP contribution in [0.3, 0.4) is 0 Å². The Labute approximate surface area is 102 Å². The maximum Gasteiger partial charge on any atom is 0.271 e. The minimum atomic E-state index is -0.0312. The van der Waals surface area contributed by atoms with Gasteiger partial charge in [0, 0.05) is 19.2 Å². The van der Waals surface area contributed by atoms with Crippen molar-refractivity contribution in [3.8, 4) is 0 Å². The van der Waals surface area contributed by atoms with Crippen molar-refractivity contribution in [1.82, 2.24) is 15.1 Å². The van der Waals surface area contributed by atoms with E-state index < -0.39 is 0 Å². The Hall–Kier alpha value is -1.20. The monoisotopic (exact) mass is 239 g/mol. The molecule has 1 N–H and O–H groups in total. The summed E-state index contributed by atoms with van der Waals surface area (Å²) in [6.07, 6.45) is 1.06. The lowest BCUT2D eigenvalue weighted by atomic mass is 10.2. The molecule has 5 heteroatoms. The molecule has 1 aromatic rings. The summed E-state index contributed by atoms with van der Waals surface area (Å²) >= 11 is 0. The third-order valence-electron chi connectivity index (χ3n) is 2.42. The fraction of sp³-hybridized carbons (Fsp3) is 0.667. The fourth-order valence-corrected chi connectivity index (χ4v) is 1.60. The van der Waals surface area contributed by atoms with Gasteiger partial charge in [-0.3, -0.25) is 4.79 Å². The molecule has 0 amide bonds. The molecule has 0 saturated carbocycles. The second kappa shape index (κ2) is 7.19. The molecule has 1 aromatic heterocycles. The van der Waals surface area contributed by atoms with Crippen LogP contribution in [0, 0.1) is 6.92 Å². The summed E-state index contributed by atoms with van der Waals surface area (Å²) in [6, 6.07) is 1.84. The maximum absolute atomic E-state index is 12.0. The summed E-state index contributed by atoms with van der Waals surface area (Å²) < 4.78 is 6.44. The number of hydrogen-bond donors (Lipinski definition) is 1. The molecule has 0 bridgehead atoms. The molecule has 1 heterocycles. The Morgan fingerprint density at radius 2 is 2.29 bits per heavy atom. The van der Waals surface area contributed by atoms with E-state index in [4.69, 9.17) is 4.74 Å². The van der Waals surface area contributed by atoms with Gasteiger partial charge in [-0.2, -0.15) is 5.10 Å². The Morgan fingerprint density at radius 1 is 1.53 bits per heavy atom. The minimum absolute atomic E-state index is 0.0312. The predicted molar refractivity (Wildman–Crippen MR) is 67.1 cm³/mol. The zero-order chi connectivity index (χ0) is 12.7. The van der Waals surface area contributed by atoms with Gasteiger partial charge in [0.1, 0.15) is 0 Å². The average molecular weight is 239 g/mol. The van der Waals surface area contributed by atoms with Crippen LogP contribution in [-0.2, 0) is 17.8 Å². The number of hydrogen-bond acceptors (Lipinski definition) is 4. The Balaban J connectivity index is 2.82. The van der Waals surface area contributed by atoms with E-state index in [1.165, 1.54) is 4.68 Å². The molecule has 0 unspecified atom stereocenters. The highest BCUT2D eigenvalue weighted by molar-refractivity contribution is 5.12. The van der Waals surface area contributed by atoms with E-state index in [1.807, 2.05) is 13.0 Å². The van der Waals surface area contributed by atoms with E-state index in [9.17, 15) is 4.79 Å². The molecule has 0 spiro atoms. The van der Waals surface area contributed by atoms with Gasteiger partial charge in [-0.05, 0) is 26.0 Å². The quantitative estimate of drug-likeness (QED) is 0.712. The topological polar surface area (TPSA) is 56.1 Å². The Kier molecular flexibility index (Phi) is 5.86. The standard InChI is InChI=1S/C12H21N3O2/c1-4-5-13-9-11-8-10(2)14-15(12(11)16)6-7-17-3/h8,13H,4-7,9H2,1-3H3. The van der Waals surface area contributed by atoms with Gasteiger partial charge >= 0.3 is 0 Å². The first-order chi connectivity index (χ1) is 8.19. The summed E-state index contributed by atoms with van der Waals surface area (Å²) in [6.45, 7) is 6.51. The maximum atomic E-state index is 12.0. The third-order valence-corrected chi connectivity index (χ3v) is 2.42. The molecule has 5 nitrogen and oxygen atoms in total. The molecule has 0 aliphatic carbocycles. The SMILES string of the molecule is CCCNCc1cc(C)nn(CCOC)c1=O. The van der Waals surface area contributed by atoms with Gasteiger partial charge in [-0.25, -0.2) is 4.68 Å². The van der Waals surface area contributed by atoms with Gasteiger partial charge in [0.05, 0.1) is 18.8 Å². The van der Waals surface area contributed by atoms with Crippen molar-refractivity contribution in [3.05, 3.63) is 27.7 Å². The zero-order valence-electron chi connectivity index (χ0n) is 10.8. The first kappa shape index (κ1) is 13.9. The molecule has 0 radical (unpaired) electrons. The summed E-state index contributed by atoms with van der Waals surface area (Å²) in [5.41, 5.74) is 1.59. The average Bonchev–Trinajstić information content (AvgIpc) is 2.31. The van der Waals surface area contributed by atoms with Gasteiger partial charge in [-0.15, -0.1) is 0 Å². The van der Waals surface area contributed by atoms with Crippen LogP contribution in [0.4, 0.5) is 0 Å². The summed E-state index contributed by atoms with van der Waals surface area (Å²) in [5.74, 6) is 0. The van der Waals surface area contributed by atoms with Gasteiger partial charge in [0.25, 0.3) is 5.56 Å². The summed E-state index contributed by atoms with van der Waals surface area (Å²) in [5, 5.41) is 7.43. The lowest BCUT2D eigenvalue weighted by Gasteiger charge is -2.09. The van der Waals surface area contributed by atoms with E-state index in [1.54, 1.807) is 7.11 Å². The molecule has 0 aliphatic heterocycles. The number of aryl methyl sites for hydroxylation is 1. The van der Waals surface area contributed by atoms with E-state index >= 15 is 0 Å². The van der Waals surface area contributed by atoms with Gasteiger partial charge in [0.15, 0.2) is 0 Å². The molecule has 0 aliphatic rings. The molecule has 1 rings (SSSR count). The van der Waals surface area contributed by atoms with Crippen LogP contribution < -0.4 is 10.9 Å². The number of ether oxygens (including phenoxy) is 1. The molecule has 0 saturated heterocycles. The van der Waals surface area contributed by atoms with Crippen molar-refractivity contribution < 1.29 is 4.74 Å². The number of methoxy groups -OCH3 is 1. The van der Waals surface area contributed by atoms with Crippen LogP contribution in [0.2, 0.25) is 0 Å². The van der Waals surface area contributed by atoms with Crippen LogP contribution in [-0.4, -0.2) is 30.0 Å². The van der Waals surface area contributed by atoms with Crippen molar-refractivity contribution in [1.29, 1.82) is 0 Å². The predicted octanol–water partition coefficient (Wildman–Crippen LogP) is 0.698. The van der Waals surface area contributed by atoms with Crippen LogP contribution in [0.5, 0.6) is 0 Å². The van der Waals surface area contributed by atoms with E-state index in [0.717, 1.165) is 24.2 Å². The molecular weight excluding hydrogens is 218 g/mol. The second-order valence-corrected chi connectivity index (χ2v) is 4.01. The van der Waals surface area contributed by atoms with E-state index in [2.05, 4.69) is 17.3 Å². The molecule has 0 fully saturated rings. The molecule has 17 heavy (non-hydrogen) atoms. The van der Waals surface area contributed by atoms with Crippen LogP contribution >= 0.6 is 0 Å². The van der Waals surface area contributed by atoms with Crippen LogP contribution in [0.15, 0.2) is 10.9 Å². The lowest BCUT2D eigenvalue weighted by molar-refractivity contribution is 0.181. The van der Waals surface area contributed by atoms with Gasteiger partial charge in [-0.1, -0.05) is 6.92 Å². The van der Waals surface area contributed by atoms with Gasteiger partial charge < -0.3 is 10.1 Å². The Bertz CT molecular complexity index is 401. The zero-order valence-corrected chi connectivity index (χ0v) is 10.8. The highest BCUT2D eigenvalue weighted by Crippen LogP contribution is 1.95. The summed E-state index contributed by atoms with van der Waals surface area (Å²) in [4.78, 5) is 12.0. The van der Waals surface area contributed by atoms with Crippen molar-refractivity contribution >= 4 is 0 Å². The first-order valence-corrected chi connectivity index (χ1v) is 5.96. The van der Waals surface area contributed by atoms with E-state index in [0.29, 0.717) is 19.7 Å². The molecule has 96 valence electrons. The lowest BCUT2D eigenvalue weighted by Crippen LogP contribution is -2.31. The number of aromatic nitrogens is 2. The molecular formula is C12H21N3O2. The highest BCUT2D eigenvalue weighted by atomic mass is 16.5. The van der Waals surface area contributed by atoms with E-state index in [-0.39, 0.29) is 5.56 Å². The van der Waals surface area contributed by atoms with Crippen LogP contribution in [0.25, 0.3) is 0 Å². The van der Waals surface area contributed by atoms with Crippen molar-refractivity contribution in [2.45, 2.75) is 33.4 Å². The normalized spacial score (nSPS) is 10.8. The molecule has 0 aromatic carbocycles. The number of rotatable bonds is 7. The fourth-order valence-electron chi connectivity index (χ4n) is 1.60. The van der Waals surface area contributed by atoms with Gasteiger partial charge in [0.2, 0.25) is 0 Å². The summed E-state index contributed by atoms with van der Waals surface area (Å²) in [7, 11) is 1.62. The van der Waals surface area contributed by atoms with Crippen LogP contribution in [0.1, 0.15) is 24.6 Å². The van der Waals surface area contributed by atoms with Crippen molar-refractivity contribution in [3.63, 3.8) is 0 Å². The molecule has 0 atom stereocenters. The van der Waals surface area contributed by atoms with Crippen molar-refractivity contribution in [2.75, 3.05) is 20.3 Å². The second-order valence-electron chi connectivity index (χ2n) is 4.01. The van der Waals surface area contributed by atoms with Crippen molar-refractivity contribution in [2.24, 2.45) is 0 Å². The number of nitrogens with zero attached hydrogens (tertiary/aromatic N) is 2. The minimum Gasteiger partial charge on any atom is -0.383 e. The number of nitrogens with one attached hydrogen (secondary N) is 1. The third kappa shape index (κ3) is 4.28. The smallest absolute Gasteiger partial charge is 0.271 e. The Morgan fingerprint density at radius 3 is 2.94 bits per heavy atom.